The third-order valence-corrected chi connectivity index (χ3v) is 6.33. The van der Waals surface area contributed by atoms with Crippen molar-refractivity contribution in [3.63, 3.8) is 0 Å². The molecular weight excluding hydrogens is 304 g/mol. The van der Waals surface area contributed by atoms with Gasteiger partial charge in [0.25, 0.3) is 0 Å². The maximum Gasteiger partial charge on any atom is 0.313 e. The second-order valence-corrected chi connectivity index (χ2v) is 9.20. The van der Waals surface area contributed by atoms with E-state index in [1.165, 1.54) is 19.3 Å². The van der Waals surface area contributed by atoms with Crippen LogP contribution >= 0.6 is 0 Å². The molecule has 0 radical (unpaired) electrons. The molecule has 7 atom stereocenters. The highest BCUT2D eigenvalue weighted by Gasteiger charge is 2.62. The molecule has 24 heavy (non-hydrogen) atoms. The first-order valence-corrected chi connectivity index (χ1v) is 9.75. The van der Waals surface area contributed by atoms with Gasteiger partial charge >= 0.3 is 5.97 Å². The topological polar surface area (TPSA) is 44.8 Å². The van der Waals surface area contributed by atoms with Crippen LogP contribution in [0.3, 0.4) is 0 Å². The third-order valence-electron chi connectivity index (χ3n) is 6.33. The quantitative estimate of drug-likeness (QED) is 0.417. The molecule has 3 rings (SSSR count). The summed E-state index contributed by atoms with van der Waals surface area (Å²) in [6.07, 6.45) is 4.94. The normalized spacial score (nSPS) is 40.8. The number of hydrogen-bond donors (Lipinski definition) is 0. The molecule has 4 heteroatoms. The fourth-order valence-electron chi connectivity index (χ4n) is 5.38. The van der Waals surface area contributed by atoms with Crippen LogP contribution in [0.15, 0.2) is 0 Å². The summed E-state index contributed by atoms with van der Waals surface area (Å²) in [6.45, 7) is 11.5. The molecule has 0 amide bonds. The highest BCUT2D eigenvalue weighted by atomic mass is 16.7. The van der Waals surface area contributed by atoms with E-state index in [0.29, 0.717) is 24.4 Å². The summed E-state index contributed by atoms with van der Waals surface area (Å²) in [5, 5.41) is 0. The van der Waals surface area contributed by atoms with E-state index in [9.17, 15) is 4.79 Å². The molecule has 1 aliphatic carbocycles. The van der Waals surface area contributed by atoms with E-state index in [1.54, 1.807) is 0 Å². The molecule has 3 fully saturated rings. The lowest BCUT2D eigenvalue weighted by Gasteiger charge is -2.31. The van der Waals surface area contributed by atoms with Crippen molar-refractivity contribution in [3.05, 3.63) is 0 Å². The van der Waals surface area contributed by atoms with Gasteiger partial charge in [0.1, 0.15) is 0 Å². The highest BCUT2D eigenvalue weighted by Crippen LogP contribution is 2.59. The standard InChI is InChI=1S/C20H34O4/c1-6-12-8-13(7-2)17-16(12)15-9-14(18(17)24-15)19(21)23-11-22-10-20(3,4)5/h12-18H,6-11H2,1-5H3. The Morgan fingerprint density at radius 2 is 1.75 bits per heavy atom. The van der Waals surface area contributed by atoms with E-state index in [4.69, 9.17) is 14.2 Å². The van der Waals surface area contributed by atoms with Gasteiger partial charge in [0, 0.05) is 0 Å². The van der Waals surface area contributed by atoms with Crippen LogP contribution in [0.25, 0.3) is 0 Å². The van der Waals surface area contributed by atoms with Crippen LogP contribution in [-0.2, 0) is 19.0 Å². The van der Waals surface area contributed by atoms with Gasteiger partial charge in [-0.2, -0.15) is 0 Å². The zero-order valence-electron chi connectivity index (χ0n) is 15.9. The van der Waals surface area contributed by atoms with Crippen LogP contribution in [0.5, 0.6) is 0 Å². The smallest absolute Gasteiger partial charge is 0.313 e. The summed E-state index contributed by atoms with van der Waals surface area (Å²) in [5.41, 5.74) is 0.0858. The third kappa shape index (κ3) is 3.37. The Labute approximate surface area is 146 Å². The number of ether oxygens (including phenoxy) is 3. The van der Waals surface area contributed by atoms with Crippen molar-refractivity contribution < 1.29 is 19.0 Å². The molecule has 2 heterocycles. The summed E-state index contributed by atoms with van der Waals surface area (Å²) < 4.78 is 17.1. The number of carbonyl (C=O) groups is 1. The molecular formula is C20H34O4. The number of rotatable bonds is 6. The van der Waals surface area contributed by atoms with E-state index in [2.05, 4.69) is 34.6 Å². The van der Waals surface area contributed by atoms with Crippen molar-refractivity contribution in [2.45, 2.75) is 72.5 Å². The number of carbonyl (C=O) groups excluding carboxylic acids is 1. The first-order chi connectivity index (χ1) is 11.4. The summed E-state index contributed by atoms with van der Waals surface area (Å²) >= 11 is 0. The lowest BCUT2D eigenvalue weighted by Crippen LogP contribution is -2.39. The monoisotopic (exact) mass is 338 g/mol. The predicted octanol–water partition coefficient (Wildman–Crippen LogP) is 4.03. The number of esters is 1. The van der Waals surface area contributed by atoms with Crippen LogP contribution in [0.1, 0.15) is 60.3 Å². The molecule has 0 aromatic carbocycles. The molecule has 0 N–H and O–H groups in total. The zero-order chi connectivity index (χ0) is 17.5. The summed E-state index contributed by atoms with van der Waals surface area (Å²) in [7, 11) is 0. The second-order valence-electron chi connectivity index (χ2n) is 9.20. The predicted molar refractivity (Wildman–Crippen MR) is 92.3 cm³/mol. The average molecular weight is 338 g/mol. The van der Waals surface area contributed by atoms with Crippen LogP contribution < -0.4 is 0 Å². The number of fused-ring (bicyclic) bond motifs is 5. The highest BCUT2D eigenvalue weighted by molar-refractivity contribution is 5.74. The minimum Gasteiger partial charge on any atom is -0.438 e. The molecule has 4 nitrogen and oxygen atoms in total. The molecule has 0 aromatic rings. The van der Waals surface area contributed by atoms with Crippen LogP contribution in [0.2, 0.25) is 0 Å². The summed E-state index contributed by atoms with van der Waals surface area (Å²) in [4.78, 5) is 12.5. The molecule has 2 aliphatic heterocycles. The summed E-state index contributed by atoms with van der Waals surface area (Å²) in [5.74, 6) is 2.52. The van der Waals surface area contributed by atoms with Crippen LogP contribution in [0.4, 0.5) is 0 Å². The maximum absolute atomic E-state index is 12.5. The van der Waals surface area contributed by atoms with Gasteiger partial charge in [-0.05, 0) is 41.9 Å². The van der Waals surface area contributed by atoms with Gasteiger partial charge in [-0.1, -0.05) is 47.5 Å². The fraction of sp³-hybridized carbons (Fsp3) is 0.950. The molecule has 2 saturated heterocycles. The Hall–Kier alpha value is -0.610. The average Bonchev–Trinajstić information content (AvgIpc) is 3.19. The Kier molecular flexibility index (Phi) is 5.27. The van der Waals surface area contributed by atoms with Crippen LogP contribution in [-0.4, -0.2) is 31.6 Å². The van der Waals surface area contributed by atoms with Gasteiger partial charge in [0.05, 0.1) is 24.7 Å². The Morgan fingerprint density at radius 1 is 1.08 bits per heavy atom. The van der Waals surface area contributed by atoms with E-state index in [0.717, 1.165) is 12.3 Å². The Morgan fingerprint density at radius 3 is 2.38 bits per heavy atom. The van der Waals surface area contributed by atoms with Crippen LogP contribution in [0, 0.1) is 35.0 Å². The SMILES string of the molecule is CCC1CC(CC)C2C3OC(CC3C(=O)OCOCC(C)(C)C)C12. The van der Waals surface area contributed by atoms with E-state index in [-0.39, 0.29) is 36.3 Å². The van der Waals surface area contributed by atoms with E-state index in [1.807, 2.05) is 0 Å². The van der Waals surface area contributed by atoms with Crippen molar-refractivity contribution >= 4 is 5.97 Å². The summed E-state index contributed by atoms with van der Waals surface area (Å²) in [6, 6.07) is 0. The molecule has 2 bridgehead atoms. The molecule has 138 valence electrons. The first kappa shape index (κ1) is 18.2. The van der Waals surface area contributed by atoms with Crippen molar-refractivity contribution in [2.24, 2.45) is 35.0 Å². The Balaban J connectivity index is 1.55. The van der Waals surface area contributed by atoms with Gasteiger partial charge in [0.2, 0.25) is 0 Å². The van der Waals surface area contributed by atoms with E-state index < -0.39 is 0 Å². The van der Waals surface area contributed by atoms with Crippen molar-refractivity contribution in [1.29, 1.82) is 0 Å². The zero-order valence-corrected chi connectivity index (χ0v) is 15.9. The molecule has 0 aromatic heterocycles. The van der Waals surface area contributed by atoms with Gasteiger partial charge in [-0.15, -0.1) is 0 Å². The Bertz CT molecular complexity index is 455. The van der Waals surface area contributed by atoms with Gasteiger partial charge < -0.3 is 14.2 Å². The lowest BCUT2D eigenvalue weighted by molar-refractivity contribution is -0.166. The fourth-order valence-corrected chi connectivity index (χ4v) is 5.38. The van der Waals surface area contributed by atoms with Gasteiger partial charge in [-0.25, -0.2) is 0 Å². The molecule has 1 saturated carbocycles. The second kappa shape index (κ2) is 6.95. The van der Waals surface area contributed by atoms with Gasteiger partial charge in [0.15, 0.2) is 6.79 Å². The maximum atomic E-state index is 12.5. The number of hydrogen-bond acceptors (Lipinski definition) is 4. The first-order valence-electron chi connectivity index (χ1n) is 9.75. The van der Waals surface area contributed by atoms with Crippen molar-refractivity contribution in [2.75, 3.05) is 13.4 Å². The lowest BCUT2D eigenvalue weighted by atomic mass is 9.71. The van der Waals surface area contributed by atoms with Gasteiger partial charge in [-0.3, -0.25) is 4.79 Å². The molecule has 3 aliphatic rings. The largest absolute Gasteiger partial charge is 0.438 e. The molecule has 0 spiro atoms. The van der Waals surface area contributed by atoms with Crippen molar-refractivity contribution in [3.8, 4) is 0 Å². The molecule has 7 unspecified atom stereocenters. The van der Waals surface area contributed by atoms with E-state index >= 15 is 0 Å². The minimum atomic E-state index is -0.121. The van der Waals surface area contributed by atoms with Crippen molar-refractivity contribution in [1.82, 2.24) is 0 Å². The minimum absolute atomic E-state index is 0.0624.